The van der Waals surface area contributed by atoms with Crippen molar-refractivity contribution in [2.45, 2.75) is 0 Å². The Hall–Kier alpha value is -7.55. The highest BCUT2D eigenvalue weighted by atomic mass is 32.1. The summed E-state index contributed by atoms with van der Waals surface area (Å²) in [6.07, 6.45) is 0. The van der Waals surface area contributed by atoms with Gasteiger partial charge in [-0.3, -0.25) is 4.57 Å². The van der Waals surface area contributed by atoms with E-state index in [0.29, 0.717) is 23.4 Å². The van der Waals surface area contributed by atoms with Gasteiger partial charge in [0.15, 0.2) is 17.5 Å². The molecule has 5 heterocycles. The summed E-state index contributed by atoms with van der Waals surface area (Å²) in [6.45, 7) is 0. The van der Waals surface area contributed by atoms with Crippen LogP contribution < -0.4 is 0 Å². The molecule has 12 rings (SSSR count). The van der Waals surface area contributed by atoms with Crippen molar-refractivity contribution < 1.29 is 4.42 Å². The van der Waals surface area contributed by atoms with E-state index in [1.807, 2.05) is 48.5 Å². The quantitative estimate of drug-likeness (QED) is 0.174. The van der Waals surface area contributed by atoms with E-state index >= 15 is 0 Å². The molecule has 0 atom stereocenters. The van der Waals surface area contributed by atoms with Crippen molar-refractivity contribution in [3.05, 3.63) is 170 Å². The first-order chi connectivity index (χ1) is 28.2. The van der Waals surface area contributed by atoms with Crippen LogP contribution in [0.15, 0.2) is 174 Å². The van der Waals surface area contributed by atoms with Crippen LogP contribution in [0.5, 0.6) is 0 Å². The van der Waals surface area contributed by atoms with Gasteiger partial charge in [0.05, 0.1) is 26.9 Å². The van der Waals surface area contributed by atoms with Gasteiger partial charge in [-0.15, -0.1) is 11.3 Å². The summed E-state index contributed by atoms with van der Waals surface area (Å²) in [6, 6.07) is 57.9. The minimum atomic E-state index is 0.547. The molecule has 0 aliphatic carbocycles. The highest BCUT2D eigenvalue weighted by molar-refractivity contribution is 7.26. The van der Waals surface area contributed by atoms with Crippen molar-refractivity contribution in [2.75, 3.05) is 0 Å². The number of fused-ring (bicyclic) bond motifs is 9. The lowest BCUT2D eigenvalue weighted by Crippen LogP contribution is -2.06. The Morgan fingerprint density at radius 1 is 0.439 bits per heavy atom. The van der Waals surface area contributed by atoms with E-state index in [0.717, 1.165) is 87.3 Å². The molecule has 7 nitrogen and oxygen atoms in total. The molecular weight excluding hydrogens is 721 g/mol. The smallest absolute Gasteiger partial charge is 0.238 e. The Balaban J connectivity index is 1.06. The van der Waals surface area contributed by atoms with Gasteiger partial charge >= 0.3 is 0 Å². The number of hydrogen-bond acceptors (Lipinski definition) is 7. The SMILES string of the molecule is c1ccc(-c2nc(-c3cccc4oc5cc(-c6nc(-c7ccccc7)c7sc8ccccc8c7n6)ccc5c34)nc(-n3c4ccccc4c4ccccc43)n2)cc1. The van der Waals surface area contributed by atoms with Crippen LogP contribution in [-0.2, 0) is 0 Å². The molecule has 57 heavy (non-hydrogen) atoms. The number of thiophene rings is 1. The molecule has 5 aromatic heterocycles. The van der Waals surface area contributed by atoms with Gasteiger partial charge in [-0.2, -0.15) is 9.97 Å². The van der Waals surface area contributed by atoms with Crippen molar-refractivity contribution in [1.82, 2.24) is 29.5 Å². The molecule has 0 spiro atoms. The molecule has 12 aromatic rings. The monoisotopic (exact) mass is 748 g/mol. The number of furan rings is 1. The maximum Gasteiger partial charge on any atom is 0.238 e. The predicted molar refractivity (Wildman–Crippen MR) is 232 cm³/mol. The summed E-state index contributed by atoms with van der Waals surface area (Å²) in [5, 5.41) is 5.29. The lowest BCUT2D eigenvalue weighted by Gasteiger charge is -2.11. The summed E-state index contributed by atoms with van der Waals surface area (Å²) in [5.41, 5.74) is 9.09. The molecule has 266 valence electrons. The van der Waals surface area contributed by atoms with Crippen LogP contribution in [-0.4, -0.2) is 29.5 Å². The third-order valence-electron chi connectivity index (χ3n) is 10.7. The lowest BCUT2D eigenvalue weighted by atomic mass is 10.0. The first kappa shape index (κ1) is 31.8. The Kier molecular flexibility index (Phi) is 6.96. The zero-order valence-electron chi connectivity index (χ0n) is 30.2. The maximum absolute atomic E-state index is 6.64. The largest absolute Gasteiger partial charge is 0.456 e. The average Bonchev–Trinajstić information content (AvgIpc) is 3.96. The van der Waals surface area contributed by atoms with Crippen LogP contribution in [0.3, 0.4) is 0 Å². The van der Waals surface area contributed by atoms with Crippen LogP contribution >= 0.6 is 11.3 Å². The lowest BCUT2D eigenvalue weighted by molar-refractivity contribution is 0.669. The van der Waals surface area contributed by atoms with Gasteiger partial charge < -0.3 is 4.42 Å². The number of aromatic nitrogens is 6. The molecule has 0 saturated heterocycles. The van der Waals surface area contributed by atoms with Crippen molar-refractivity contribution in [1.29, 1.82) is 0 Å². The molecule has 8 heteroatoms. The summed E-state index contributed by atoms with van der Waals surface area (Å²) >= 11 is 1.73. The van der Waals surface area contributed by atoms with E-state index in [-0.39, 0.29) is 0 Å². The highest BCUT2D eigenvalue weighted by Crippen LogP contribution is 2.41. The van der Waals surface area contributed by atoms with Crippen LogP contribution in [0.4, 0.5) is 0 Å². The second-order valence-electron chi connectivity index (χ2n) is 14.0. The topological polar surface area (TPSA) is 82.5 Å². The number of para-hydroxylation sites is 2. The first-order valence-corrected chi connectivity index (χ1v) is 19.6. The van der Waals surface area contributed by atoms with E-state index in [4.69, 9.17) is 29.3 Å². The van der Waals surface area contributed by atoms with Gasteiger partial charge in [-0.1, -0.05) is 133 Å². The Bertz CT molecular complexity index is 3480. The molecule has 7 aromatic carbocycles. The zero-order valence-corrected chi connectivity index (χ0v) is 31.0. The van der Waals surface area contributed by atoms with Crippen molar-refractivity contribution >= 4 is 75.4 Å². The van der Waals surface area contributed by atoms with Crippen LogP contribution in [0.25, 0.3) is 115 Å². The molecule has 0 N–H and O–H groups in total. The molecular formula is C49H28N6OS. The molecule has 0 aliphatic heterocycles. The molecule has 0 radical (unpaired) electrons. The van der Waals surface area contributed by atoms with Gasteiger partial charge in [0.25, 0.3) is 0 Å². The van der Waals surface area contributed by atoms with E-state index in [9.17, 15) is 0 Å². The van der Waals surface area contributed by atoms with E-state index < -0.39 is 0 Å². The van der Waals surface area contributed by atoms with E-state index in [1.165, 1.54) is 4.70 Å². The number of rotatable bonds is 5. The zero-order chi connectivity index (χ0) is 37.5. The second kappa shape index (κ2) is 12.5. The summed E-state index contributed by atoms with van der Waals surface area (Å²) in [7, 11) is 0. The van der Waals surface area contributed by atoms with Crippen LogP contribution in [0.1, 0.15) is 0 Å². The average molecular weight is 749 g/mol. The number of benzene rings is 7. The minimum Gasteiger partial charge on any atom is -0.456 e. The van der Waals surface area contributed by atoms with Crippen LogP contribution in [0, 0.1) is 0 Å². The maximum atomic E-state index is 6.64. The first-order valence-electron chi connectivity index (χ1n) is 18.8. The third kappa shape index (κ3) is 5.01. The number of nitrogens with zero attached hydrogens (tertiary/aromatic N) is 6. The molecule has 0 unspecified atom stereocenters. The van der Waals surface area contributed by atoms with Crippen molar-refractivity contribution in [3.63, 3.8) is 0 Å². The fraction of sp³-hybridized carbons (Fsp3) is 0. The second-order valence-corrected chi connectivity index (χ2v) is 15.1. The van der Waals surface area contributed by atoms with Gasteiger partial charge in [-0.05, 0) is 36.4 Å². The fourth-order valence-corrected chi connectivity index (χ4v) is 9.26. The van der Waals surface area contributed by atoms with Crippen molar-refractivity contribution in [3.8, 4) is 51.4 Å². The van der Waals surface area contributed by atoms with Crippen molar-refractivity contribution in [2.24, 2.45) is 0 Å². The van der Waals surface area contributed by atoms with E-state index in [2.05, 4.69) is 126 Å². The summed E-state index contributed by atoms with van der Waals surface area (Å²) < 4.78 is 11.0. The minimum absolute atomic E-state index is 0.547. The normalized spacial score (nSPS) is 11.9. The Labute approximate surface area is 329 Å². The number of hydrogen-bond donors (Lipinski definition) is 0. The Morgan fingerprint density at radius 3 is 1.86 bits per heavy atom. The standard InChI is InChI=1S/C49H28N6OS/c1-3-14-29(15-4-1)43-45-44(35-20-9-12-25-41(35)57-45)51-47(50-43)31-26-27-34-40(28-31)56-39-24-13-21-36(42(34)39)48-52-46(30-16-5-2-6-17-30)53-49(54-48)55-37-22-10-7-18-32(37)33-19-8-11-23-38(33)55/h1-28H. The summed E-state index contributed by atoms with van der Waals surface area (Å²) in [5.74, 6) is 2.34. The van der Waals surface area contributed by atoms with Gasteiger partial charge in [0, 0.05) is 53.9 Å². The van der Waals surface area contributed by atoms with Crippen LogP contribution in [0.2, 0.25) is 0 Å². The molecule has 0 fully saturated rings. The highest BCUT2D eigenvalue weighted by Gasteiger charge is 2.22. The van der Waals surface area contributed by atoms with E-state index in [1.54, 1.807) is 11.3 Å². The third-order valence-corrected chi connectivity index (χ3v) is 11.9. The molecule has 0 aliphatic rings. The predicted octanol–water partition coefficient (Wildman–Crippen LogP) is 12.7. The van der Waals surface area contributed by atoms with Gasteiger partial charge in [0.2, 0.25) is 5.95 Å². The molecule has 0 amide bonds. The Morgan fingerprint density at radius 2 is 1.09 bits per heavy atom. The van der Waals surface area contributed by atoms with Gasteiger partial charge in [0.1, 0.15) is 11.2 Å². The van der Waals surface area contributed by atoms with Gasteiger partial charge in [-0.25, -0.2) is 15.0 Å². The fourth-order valence-electron chi connectivity index (χ4n) is 8.10. The molecule has 0 saturated carbocycles. The molecule has 0 bridgehead atoms. The summed E-state index contributed by atoms with van der Waals surface area (Å²) in [4.78, 5) is 25.9.